The van der Waals surface area contributed by atoms with Gasteiger partial charge in [0.1, 0.15) is 0 Å². The Bertz CT molecular complexity index is 758. The average Bonchev–Trinajstić information content (AvgIpc) is 2.91. The van der Waals surface area contributed by atoms with Gasteiger partial charge in [-0.3, -0.25) is 9.59 Å². The molecule has 1 aliphatic heterocycles. The van der Waals surface area contributed by atoms with Crippen LogP contribution in [0.15, 0.2) is 48.5 Å². The van der Waals surface area contributed by atoms with Gasteiger partial charge < -0.3 is 10.2 Å². The number of hydrogen-bond donors (Lipinski definition) is 1. The third-order valence-corrected chi connectivity index (χ3v) is 4.41. The fourth-order valence-electron chi connectivity index (χ4n) is 2.83. The van der Waals surface area contributed by atoms with E-state index >= 15 is 0 Å². The summed E-state index contributed by atoms with van der Waals surface area (Å²) in [4.78, 5) is 26.3. The Morgan fingerprint density at radius 3 is 2.71 bits per heavy atom. The molecule has 4 nitrogen and oxygen atoms in total. The zero-order valence-corrected chi connectivity index (χ0v) is 14.2. The van der Waals surface area contributed by atoms with Crippen LogP contribution < -0.4 is 5.32 Å². The lowest BCUT2D eigenvalue weighted by Gasteiger charge is -2.17. The number of nitrogens with one attached hydrogen (secondary N) is 1. The summed E-state index contributed by atoms with van der Waals surface area (Å²) in [6, 6.07) is 15.1. The third kappa shape index (κ3) is 3.95. The number of rotatable bonds is 4. The van der Waals surface area contributed by atoms with Gasteiger partial charge in [0.25, 0.3) is 0 Å². The number of hydrogen-bond acceptors (Lipinski definition) is 2. The zero-order valence-electron chi connectivity index (χ0n) is 13.5. The molecule has 1 atom stereocenters. The Kier molecular flexibility index (Phi) is 4.86. The summed E-state index contributed by atoms with van der Waals surface area (Å²) in [5.74, 6) is -0.458. The van der Waals surface area contributed by atoms with Gasteiger partial charge >= 0.3 is 0 Å². The molecule has 1 aliphatic rings. The van der Waals surface area contributed by atoms with E-state index in [0.29, 0.717) is 23.8 Å². The Hall–Kier alpha value is -2.33. The molecule has 2 aromatic rings. The van der Waals surface area contributed by atoms with Crippen molar-refractivity contribution in [3.8, 4) is 0 Å². The molecule has 0 aliphatic carbocycles. The van der Waals surface area contributed by atoms with Crippen LogP contribution in [0.2, 0.25) is 5.02 Å². The van der Waals surface area contributed by atoms with E-state index in [1.165, 1.54) is 5.56 Å². The largest absolute Gasteiger partial charge is 0.338 e. The summed E-state index contributed by atoms with van der Waals surface area (Å²) in [6.45, 7) is 3.01. The number of amides is 2. The van der Waals surface area contributed by atoms with Crippen molar-refractivity contribution in [2.75, 3.05) is 11.9 Å². The highest BCUT2D eigenvalue weighted by atomic mass is 35.5. The Morgan fingerprint density at radius 1 is 1.25 bits per heavy atom. The first-order valence-electron chi connectivity index (χ1n) is 7.91. The molecule has 5 heteroatoms. The second-order valence-corrected chi connectivity index (χ2v) is 6.60. The van der Waals surface area contributed by atoms with Crippen molar-refractivity contribution in [3.63, 3.8) is 0 Å². The molecule has 2 amide bonds. The Balaban J connectivity index is 1.61. The highest BCUT2D eigenvalue weighted by molar-refractivity contribution is 6.30. The predicted octanol–water partition coefficient (Wildman–Crippen LogP) is 3.64. The SMILES string of the molecule is Cc1ccc(CN2CC(C(=O)Nc3cccc(Cl)c3)CC2=O)cc1. The molecule has 1 saturated heterocycles. The topological polar surface area (TPSA) is 49.4 Å². The zero-order chi connectivity index (χ0) is 17.1. The predicted molar refractivity (Wildman–Crippen MR) is 94.8 cm³/mol. The third-order valence-electron chi connectivity index (χ3n) is 4.17. The summed E-state index contributed by atoms with van der Waals surface area (Å²) >= 11 is 5.92. The number of halogens is 1. The number of benzene rings is 2. The van der Waals surface area contributed by atoms with Crippen LogP contribution in [0.3, 0.4) is 0 Å². The van der Waals surface area contributed by atoms with E-state index in [9.17, 15) is 9.59 Å². The maximum absolute atomic E-state index is 12.4. The van der Waals surface area contributed by atoms with Crippen molar-refractivity contribution in [1.29, 1.82) is 0 Å². The van der Waals surface area contributed by atoms with Gasteiger partial charge in [-0.05, 0) is 30.7 Å². The Labute approximate surface area is 146 Å². The van der Waals surface area contributed by atoms with Gasteiger partial charge in [-0.2, -0.15) is 0 Å². The van der Waals surface area contributed by atoms with Gasteiger partial charge in [0.2, 0.25) is 11.8 Å². The first-order valence-corrected chi connectivity index (χ1v) is 8.29. The first kappa shape index (κ1) is 16.5. The average molecular weight is 343 g/mol. The summed E-state index contributed by atoms with van der Waals surface area (Å²) < 4.78 is 0. The maximum atomic E-state index is 12.4. The maximum Gasteiger partial charge on any atom is 0.229 e. The number of anilines is 1. The number of aryl methyl sites for hydroxylation is 1. The van der Waals surface area contributed by atoms with Gasteiger partial charge in [-0.1, -0.05) is 47.5 Å². The lowest BCUT2D eigenvalue weighted by atomic mass is 10.1. The number of carbonyl (C=O) groups is 2. The van der Waals surface area contributed by atoms with E-state index in [2.05, 4.69) is 5.32 Å². The number of carbonyl (C=O) groups excluding carboxylic acids is 2. The fourth-order valence-corrected chi connectivity index (χ4v) is 3.02. The normalized spacial score (nSPS) is 17.2. The van der Waals surface area contributed by atoms with Crippen molar-refractivity contribution in [2.45, 2.75) is 19.9 Å². The lowest BCUT2D eigenvalue weighted by Crippen LogP contribution is -2.28. The van der Waals surface area contributed by atoms with E-state index in [-0.39, 0.29) is 24.2 Å². The van der Waals surface area contributed by atoms with Crippen LogP contribution in [-0.4, -0.2) is 23.3 Å². The van der Waals surface area contributed by atoms with Crippen molar-refractivity contribution in [1.82, 2.24) is 4.90 Å². The minimum absolute atomic E-state index is 0.0156. The summed E-state index contributed by atoms with van der Waals surface area (Å²) in [5.41, 5.74) is 2.91. The molecule has 1 fully saturated rings. The van der Waals surface area contributed by atoms with Gasteiger partial charge in [0.15, 0.2) is 0 Å². The first-order chi connectivity index (χ1) is 11.5. The van der Waals surface area contributed by atoms with Crippen LogP contribution in [0, 0.1) is 12.8 Å². The van der Waals surface area contributed by atoms with Crippen LogP contribution >= 0.6 is 11.6 Å². The minimum atomic E-state index is -0.332. The van der Waals surface area contributed by atoms with Crippen molar-refractivity contribution < 1.29 is 9.59 Å². The molecular formula is C19H19ClN2O2. The van der Waals surface area contributed by atoms with Crippen LogP contribution in [0.1, 0.15) is 17.5 Å². The van der Waals surface area contributed by atoms with E-state index in [4.69, 9.17) is 11.6 Å². The van der Waals surface area contributed by atoms with Gasteiger partial charge in [-0.15, -0.1) is 0 Å². The van der Waals surface area contributed by atoms with E-state index in [0.717, 1.165) is 5.56 Å². The van der Waals surface area contributed by atoms with E-state index < -0.39 is 0 Å². The molecule has 2 aromatic carbocycles. The van der Waals surface area contributed by atoms with Gasteiger partial charge in [0, 0.05) is 30.2 Å². The molecular weight excluding hydrogens is 324 g/mol. The second-order valence-electron chi connectivity index (χ2n) is 6.16. The quantitative estimate of drug-likeness (QED) is 0.922. The van der Waals surface area contributed by atoms with Crippen LogP contribution in [0.4, 0.5) is 5.69 Å². The molecule has 3 rings (SSSR count). The molecule has 0 spiro atoms. The second kappa shape index (κ2) is 7.05. The smallest absolute Gasteiger partial charge is 0.229 e. The van der Waals surface area contributed by atoms with Crippen LogP contribution in [0.25, 0.3) is 0 Å². The van der Waals surface area contributed by atoms with Crippen molar-refractivity contribution in [2.24, 2.45) is 5.92 Å². The summed E-state index contributed by atoms with van der Waals surface area (Å²) in [7, 11) is 0. The summed E-state index contributed by atoms with van der Waals surface area (Å²) in [5, 5.41) is 3.40. The molecule has 0 bridgehead atoms. The van der Waals surface area contributed by atoms with Gasteiger partial charge in [0.05, 0.1) is 5.92 Å². The van der Waals surface area contributed by atoms with Crippen LogP contribution in [-0.2, 0) is 16.1 Å². The van der Waals surface area contributed by atoms with E-state index in [1.807, 2.05) is 31.2 Å². The molecule has 0 radical (unpaired) electrons. The number of likely N-dealkylation sites (tertiary alicyclic amines) is 1. The molecule has 1 unspecified atom stereocenters. The molecule has 124 valence electrons. The lowest BCUT2D eigenvalue weighted by molar-refractivity contribution is -0.128. The molecule has 1 heterocycles. The molecule has 0 saturated carbocycles. The van der Waals surface area contributed by atoms with Gasteiger partial charge in [-0.25, -0.2) is 0 Å². The van der Waals surface area contributed by atoms with Crippen molar-refractivity contribution in [3.05, 3.63) is 64.7 Å². The minimum Gasteiger partial charge on any atom is -0.338 e. The monoisotopic (exact) mass is 342 g/mol. The standard InChI is InChI=1S/C19H19ClN2O2/c1-13-5-7-14(8-6-13)11-22-12-15(9-18(22)23)19(24)21-17-4-2-3-16(20)10-17/h2-8,10,15H,9,11-12H2,1H3,(H,21,24). The fraction of sp³-hybridized carbons (Fsp3) is 0.263. The molecule has 24 heavy (non-hydrogen) atoms. The Morgan fingerprint density at radius 2 is 2.00 bits per heavy atom. The van der Waals surface area contributed by atoms with Crippen LogP contribution in [0.5, 0.6) is 0 Å². The highest BCUT2D eigenvalue weighted by Gasteiger charge is 2.34. The van der Waals surface area contributed by atoms with Crippen molar-refractivity contribution >= 4 is 29.1 Å². The number of nitrogens with zero attached hydrogens (tertiary/aromatic N) is 1. The van der Waals surface area contributed by atoms with E-state index in [1.54, 1.807) is 29.2 Å². The highest BCUT2D eigenvalue weighted by Crippen LogP contribution is 2.23. The molecule has 1 N–H and O–H groups in total. The molecule has 0 aromatic heterocycles. The summed E-state index contributed by atoms with van der Waals surface area (Å²) in [6.07, 6.45) is 0.248.